The van der Waals surface area contributed by atoms with Crippen LogP contribution in [0.5, 0.6) is 0 Å². The van der Waals surface area contributed by atoms with Gasteiger partial charge in [-0.3, -0.25) is 0 Å². The predicted octanol–water partition coefficient (Wildman–Crippen LogP) is 8.39. The summed E-state index contributed by atoms with van der Waals surface area (Å²) in [4.78, 5) is 4.91. The lowest BCUT2D eigenvalue weighted by molar-refractivity contribution is -0.111. The highest BCUT2D eigenvalue weighted by atomic mass is 16.5. The fourth-order valence-electron chi connectivity index (χ4n) is 6.68. The first kappa shape index (κ1) is 31.0. The minimum Gasteiger partial charge on any atom is -0.372 e. The van der Waals surface area contributed by atoms with Crippen molar-refractivity contribution in [3.63, 3.8) is 0 Å². The molecule has 0 heterocycles. The molecule has 0 saturated carbocycles. The van der Waals surface area contributed by atoms with E-state index in [0.717, 1.165) is 39.0 Å². The summed E-state index contributed by atoms with van der Waals surface area (Å²) < 4.78 is 6.77. The van der Waals surface area contributed by atoms with E-state index in [0.29, 0.717) is 11.8 Å². The van der Waals surface area contributed by atoms with Gasteiger partial charge in [0.1, 0.15) is 5.60 Å². The Morgan fingerprint density at radius 1 is 1.05 bits per heavy atom. The van der Waals surface area contributed by atoms with E-state index in [1.165, 1.54) is 22.5 Å². The summed E-state index contributed by atoms with van der Waals surface area (Å²) in [5.74, 6) is 1.21. The molecule has 3 heteroatoms. The summed E-state index contributed by atoms with van der Waals surface area (Å²) in [7, 11) is 1.92. The van der Waals surface area contributed by atoms with Gasteiger partial charge in [-0.2, -0.15) is 0 Å². The Hall–Kier alpha value is -2.26. The molecule has 0 bridgehead atoms. The van der Waals surface area contributed by atoms with Crippen LogP contribution >= 0.6 is 0 Å². The minimum atomic E-state index is -0.441. The molecule has 0 fully saturated rings. The molecule has 0 aromatic heterocycles. The van der Waals surface area contributed by atoms with Gasteiger partial charge < -0.3 is 14.5 Å². The normalized spacial score (nSPS) is 23.8. The zero-order chi connectivity index (χ0) is 27.6. The Morgan fingerprint density at radius 2 is 1.70 bits per heavy atom. The molecule has 0 amide bonds. The van der Waals surface area contributed by atoms with Gasteiger partial charge in [0, 0.05) is 56.5 Å². The Bertz CT molecular complexity index is 937. The Kier molecular flexibility index (Phi) is 12.2. The molecule has 3 rings (SSSR count). The first-order chi connectivity index (χ1) is 18.0. The molecule has 2 aliphatic carbocycles. The second-order valence-corrected chi connectivity index (χ2v) is 9.89. The number of methoxy groups -OCH3 is 1. The number of hydrogen-bond donors (Lipinski definition) is 0. The van der Waals surface area contributed by atoms with Crippen molar-refractivity contribution in [1.82, 2.24) is 4.90 Å². The van der Waals surface area contributed by atoms with Gasteiger partial charge in [-0.25, -0.2) is 0 Å². The molecule has 1 aromatic carbocycles. The molecule has 1 aromatic rings. The van der Waals surface area contributed by atoms with Gasteiger partial charge in [0.15, 0.2) is 0 Å². The quantitative estimate of drug-likeness (QED) is 0.265. The van der Waals surface area contributed by atoms with Crippen molar-refractivity contribution >= 4 is 5.69 Å². The number of likely N-dealkylation sites (N-methyl/N-ethyl adjacent to an activating group) is 1. The number of anilines is 1. The van der Waals surface area contributed by atoms with Crippen LogP contribution in [0, 0.1) is 23.7 Å². The van der Waals surface area contributed by atoms with Gasteiger partial charge >= 0.3 is 0 Å². The van der Waals surface area contributed by atoms with E-state index < -0.39 is 5.60 Å². The third-order valence-corrected chi connectivity index (χ3v) is 8.51. The third kappa shape index (κ3) is 5.93. The standard InChI is InChI=1S/C32H48N2O.C2H6/c1-9-16-29(24(10-2)11-3)32(35-8)30-19-17-27(33(12-4)13-5)22-25(30)21-26-23-28(18-20-31(26)32)34(14-6)15-7;1-2/h9-10,16-20,22-25,29-30H,2,11-15,21H2,1,3-8H3;1-2H3/b16-9-;. The summed E-state index contributed by atoms with van der Waals surface area (Å²) in [6.07, 6.45) is 16.1. The maximum atomic E-state index is 6.77. The molecule has 0 saturated heterocycles. The van der Waals surface area contributed by atoms with Crippen LogP contribution in [-0.4, -0.2) is 38.2 Å². The van der Waals surface area contributed by atoms with E-state index in [9.17, 15) is 0 Å². The summed E-state index contributed by atoms with van der Waals surface area (Å²) in [6.45, 7) is 25.7. The highest BCUT2D eigenvalue weighted by Crippen LogP contribution is 2.55. The maximum Gasteiger partial charge on any atom is 0.107 e. The van der Waals surface area contributed by atoms with Crippen molar-refractivity contribution in [2.75, 3.05) is 38.2 Å². The lowest BCUT2D eigenvalue weighted by atomic mass is 9.57. The van der Waals surface area contributed by atoms with Crippen molar-refractivity contribution in [2.24, 2.45) is 23.7 Å². The van der Waals surface area contributed by atoms with Crippen molar-refractivity contribution in [1.29, 1.82) is 0 Å². The van der Waals surface area contributed by atoms with Crippen LogP contribution in [0.1, 0.15) is 72.9 Å². The fraction of sp³-hybridized carbons (Fsp3) is 0.588. The van der Waals surface area contributed by atoms with Crippen LogP contribution < -0.4 is 4.90 Å². The smallest absolute Gasteiger partial charge is 0.107 e. The second-order valence-electron chi connectivity index (χ2n) is 9.89. The average Bonchev–Trinajstić information content (AvgIpc) is 2.94. The lowest BCUT2D eigenvalue weighted by Crippen LogP contribution is -2.52. The molecule has 37 heavy (non-hydrogen) atoms. The van der Waals surface area contributed by atoms with Crippen LogP contribution in [0.25, 0.3) is 0 Å². The minimum absolute atomic E-state index is 0.207. The van der Waals surface area contributed by atoms with Crippen molar-refractivity contribution in [3.8, 4) is 0 Å². The van der Waals surface area contributed by atoms with E-state index in [2.05, 4.69) is 113 Å². The van der Waals surface area contributed by atoms with E-state index in [1.807, 2.05) is 21.0 Å². The number of allylic oxidation sites excluding steroid dienone is 4. The topological polar surface area (TPSA) is 15.7 Å². The summed E-state index contributed by atoms with van der Waals surface area (Å²) >= 11 is 0. The van der Waals surface area contributed by atoms with Crippen molar-refractivity contribution in [2.45, 2.75) is 73.8 Å². The maximum absolute atomic E-state index is 6.77. The van der Waals surface area contributed by atoms with Gasteiger partial charge in [-0.05, 0) is 88.6 Å². The number of fused-ring (bicyclic) bond motifs is 2. The highest BCUT2D eigenvalue weighted by Gasteiger charge is 2.53. The SMILES string of the molecule is C=CC(CC)C(/C=C\C)C1(OC)c2ccc(N(CC)CC)cc2CC2C=C(N(CC)CC)C=CC21.CC. The number of ether oxygens (including phenoxy) is 1. The molecule has 0 radical (unpaired) electrons. The van der Waals surface area contributed by atoms with Crippen molar-refractivity contribution < 1.29 is 4.74 Å². The van der Waals surface area contributed by atoms with E-state index in [4.69, 9.17) is 4.74 Å². The molecule has 0 spiro atoms. The van der Waals surface area contributed by atoms with Crippen LogP contribution in [0.3, 0.4) is 0 Å². The Morgan fingerprint density at radius 3 is 2.22 bits per heavy atom. The van der Waals surface area contributed by atoms with Gasteiger partial charge in [0.2, 0.25) is 0 Å². The number of rotatable bonds is 12. The van der Waals surface area contributed by atoms with Gasteiger partial charge in [0.05, 0.1) is 0 Å². The molecule has 5 unspecified atom stereocenters. The first-order valence-corrected chi connectivity index (χ1v) is 14.8. The fourth-order valence-corrected chi connectivity index (χ4v) is 6.68. The largest absolute Gasteiger partial charge is 0.372 e. The monoisotopic (exact) mass is 506 g/mol. The predicted molar refractivity (Wildman–Crippen MR) is 163 cm³/mol. The third-order valence-electron chi connectivity index (χ3n) is 8.51. The van der Waals surface area contributed by atoms with Crippen LogP contribution in [0.15, 0.2) is 66.9 Å². The average molecular weight is 507 g/mol. The van der Waals surface area contributed by atoms with E-state index in [-0.39, 0.29) is 11.8 Å². The van der Waals surface area contributed by atoms with Crippen LogP contribution in [-0.2, 0) is 16.8 Å². The molecule has 0 aliphatic heterocycles. The molecule has 3 nitrogen and oxygen atoms in total. The molecule has 5 atom stereocenters. The molecule has 206 valence electrons. The van der Waals surface area contributed by atoms with Gasteiger partial charge in [-0.1, -0.05) is 57.2 Å². The van der Waals surface area contributed by atoms with Crippen LogP contribution in [0.4, 0.5) is 5.69 Å². The van der Waals surface area contributed by atoms with E-state index >= 15 is 0 Å². The van der Waals surface area contributed by atoms with Crippen LogP contribution in [0.2, 0.25) is 0 Å². The van der Waals surface area contributed by atoms with Gasteiger partial charge in [0.25, 0.3) is 0 Å². The Balaban J connectivity index is 0.00000235. The molecule has 2 aliphatic rings. The zero-order valence-electron chi connectivity index (χ0n) is 25.3. The molecular weight excluding hydrogens is 452 g/mol. The molecule has 0 N–H and O–H groups in total. The number of hydrogen-bond acceptors (Lipinski definition) is 3. The summed E-state index contributed by atoms with van der Waals surface area (Å²) in [6, 6.07) is 7.12. The first-order valence-electron chi connectivity index (χ1n) is 14.8. The number of nitrogens with zero attached hydrogens (tertiary/aromatic N) is 2. The zero-order valence-corrected chi connectivity index (χ0v) is 25.3. The van der Waals surface area contributed by atoms with Crippen molar-refractivity contribution in [3.05, 3.63) is 78.1 Å². The highest BCUT2D eigenvalue weighted by molar-refractivity contribution is 5.55. The summed E-state index contributed by atoms with van der Waals surface area (Å²) in [5, 5.41) is 0. The second kappa shape index (κ2) is 14.6. The number of benzene rings is 1. The lowest BCUT2D eigenvalue weighted by Gasteiger charge is -2.53. The Labute approximate surface area is 229 Å². The molecular formula is C34H54N2O. The van der Waals surface area contributed by atoms with E-state index in [1.54, 1.807) is 0 Å². The van der Waals surface area contributed by atoms with Gasteiger partial charge in [-0.15, -0.1) is 6.58 Å². The summed E-state index contributed by atoms with van der Waals surface area (Å²) in [5.41, 5.74) is 5.00.